The van der Waals surface area contributed by atoms with Crippen LogP contribution >= 0.6 is 0 Å². The Balaban J connectivity index is 1.06. The number of hydrogen-bond donors (Lipinski definition) is 0. The Morgan fingerprint density at radius 3 is 1.31 bits per heavy atom. The Morgan fingerprint density at radius 1 is 0.305 bits per heavy atom. The fourth-order valence-corrected chi connectivity index (χ4v) is 9.97. The van der Waals surface area contributed by atoms with Crippen molar-refractivity contribution in [3.05, 3.63) is 247 Å². The predicted molar refractivity (Wildman–Crippen MR) is 244 cm³/mol. The molecule has 2 nitrogen and oxygen atoms in total. The third kappa shape index (κ3) is 5.06. The van der Waals surface area contributed by atoms with Crippen LogP contribution in [0, 0.1) is 0 Å². The molecule has 0 bridgehead atoms. The van der Waals surface area contributed by atoms with E-state index in [1.54, 1.807) is 0 Å². The topological polar surface area (TPSA) is 12.5 Å². The van der Waals surface area contributed by atoms with Gasteiger partial charge in [-0.25, -0.2) is 0 Å². The molecule has 2 aliphatic rings. The normalized spacial score (nSPS) is 13.0. The molecule has 0 saturated carbocycles. The zero-order chi connectivity index (χ0) is 38.9. The van der Waals surface area contributed by atoms with Crippen molar-refractivity contribution < 1.29 is 4.74 Å². The van der Waals surface area contributed by atoms with Crippen molar-refractivity contribution >= 4 is 38.6 Å². The van der Waals surface area contributed by atoms with Crippen LogP contribution in [0.25, 0.3) is 54.9 Å². The maximum atomic E-state index is 6.82. The predicted octanol–water partition coefficient (Wildman–Crippen LogP) is 15.3. The number of benzene rings is 10. The smallest absolute Gasteiger partial charge is 0.132 e. The summed E-state index contributed by atoms with van der Waals surface area (Å²) < 4.78 is 6.82. The minimum absolute atomic E-state index is 0.560. The first-order valence-corrected chi connectivity index (χ1v) is 20.3. The van der Waals surface area contributed by atoms with Crippen molar-refractivity contribution in [3.63, 3.8) is 0 Å². The molecule has 0 amide bonds. The molecule has 12 rings (SSSR count). The van der Waals surface area contributed by atoms with E-state index < -0.39 is 5.41 Å². The average molecular weight is 752 g/mol. The van der Waals surface area contributed by atoms with Gasteiger partial charge in [-0.15, -0.1) is 0 Å². The van der Waals surface area contributed by atoms with Crippen molar-refractivity contribution in [3.8, 4) is 44.9 Å². The van der Waals surface area contributed by atoms with E-state index in [1.165, 1.54) is 66.1 Å². The van der Waals surface area contributed by atoms with Gasteiger partial charge < -0.3 is 9.64 Å². The molecule has 1 aliphatic heterocycles. The van der Waals surface area contributed by atoms with Crippen LogP contribution in [0.1, 0.15) is 22.3 Å². The maximum absolute atomic E-state index is 6.82. The van der Waals surface area contributed by atoms with Crippen LogP contribution in [0.15, 0.2) is 224 Å². The van der Waals surface area contributed by atoms with Gasteiger partial charge in [-0.3, -0.25) is 0 Å². The second-order valence-electron chi connectivity index (χ2n) is 15.6. The Labute approximate surface area is 343 Å². The molecule has 1 spiro atoms. The lowest BCUT2D eigenvalue weighted by Crippen LogP contribution is -2.32. The number of hydrogen-bond acceptors (Lipinski definition) is 2. The van der Waals surface area contributed by atoms with Gasteiger partial charge in [0.15, 0.2) is 0 Å². The van der Waals surface area contributed by atoms with Crippen LogP contribution in [0.5, 0.6) is 11.5 Å². The zero-order valence-electron chi connectivity index (χ0n) is 32.2. The molecular formula is C57H37NO. The molecule has 0 unspecified atom stereocenters. The minimum atomic E-state index is -0.560. The van der Waals surface area contributed by atoms with Gasteiger partial charge in [-0.1, -0.05) is 176 Å². The van der Waals surface area contributed by atoms with Crippen molar-refractivity contribution in [2.24, 2.45) is 0 Å². The summed E-state index contributed by atoms with van der Waals surface area (Å²) in [7, 11) is 0. The van der Waals surface area contributed by atoms with Gasteiger partial charge in [0.1, 0.15) is 11.5 Å². The quantitative estimate of drug-likeness (QED) is 0.174. The van der Waals surface area contributed by atoms with Gasteiger partial charge in [0.25, 0.3) is 0 Å². The molecule has 1 heterocycles. The van der Waals surface area contributed by atoms with Crippen molar-refractivity contribution in [1.29, 1.82) is 0 Å². The molecule has 0 N–H and O–H groups in total. The molecule has 276 valence electrons. The van der Waals surface area contributed by atoms with Crippen LogP contribution in [0.2, 0.25) is 0 Å². The Kier molecular flexibility index (Phi) is 7.48. The van der Waals surface area contributed by atoms with Gasteiger partial charge in [0.2, 0.25) is 0 Å². The van der Waals surface area contributed by atoms with Crippen LogP contribution < -0.4 is 9.64 Å². The molecule has 0 atom stereocenters. The van der Waals surface area contributed by atoms with Gasteiger partial charge in [-0.05, 0) is 115 Å². The Bertz CT molecular complexity index is 3070. The summed E-state index contributed by atoms with van der Waals surface area (Å²) in [6, 6.07) is 81.6. The van der Waals surface area contributed by atoms with Crippen LogP contribution in [0.4, 0.5) is 17.1 Å². The molecule has 2 heteroatoms. The number of rotatable bonds is 5. The summed E-state index contributed by atoms with van der Waals surface area (Å²) in [6.07, 6.45) is 0. The van der Waals surface area contributed by atoms with Crippen LogP contribution in [0.3, 0.4) is 0 Å². The molecule has 10 aromatic rings. The van der Waals surface area contributed by atoms with E-state index in [9.17, 15) is 0 Å². The fraction of sp³-hybridized carbons (Fsp3) is 0.0175. The number of nitrogens with zero attached hydrogens (tertiary/aromatic N) is 1. The lowest BCUT2D eigenvalue weighted by atomic mass is 9.66. The zero-order valence-corrected chi connectivity index (χ0v) is 32.2. The number of para-hydroxylation sites is 1. The third-order valence-electron chi connectivity index (χ3n) is 12.5. The SMILES string of the molecule is c1ccc2c(c1)Oc1ccc(N(c3ccc(-c4cccc5ccccc45)cc3)c3ccc(-c4cccc5ccccc45)cc3)cc1C21c2ccccc2-c2ccccc21. The largest absolute Gasteiger partial charge is 0.457 e. The number of anilines is 3. The van der Waals surface area contributed by atoms with Crippen LogP contribution in [-0.4, -0.2) is 0 Å². The fourth-order valence-electron chi connectivity index (χ4n) is 9.97. The monoisotopic (exact) mass is 751 g/mol. The Morgan fingerprint density at radius 2 is 0.729 bits per heavy atom. The first-order chi connectivity index (χ1) is 29.3. The highest BCUT2D eigenvalue weighted by Crippen LogP contribution is 2.62. The molecule has 10 aromatic carbocycles. The summed E-state index contributed by atoms with van der Waals surface area (Å²) in [6.45, 7) is 0. The van der Waals surface area contributed by atoms with Crippen molar-refractivity contribution in [2.45, 2.75) is 5.41 Å². The molecule has 0 saturated heterocycles. The Hall–Kier alpha value is -7.68. The highest BCUT2D eigenvalue weighted by molar-refractivity contribution is 5.98. The van der Waals surface area contributed by atoms with E-state index in [1.807, 2.05) is 0 Å². The van der Waals surface area contributed by atoms with Gasteiger partial charge in [0, 0.05) is 28.2 Å². The van der Waals surface area contributed by atoms with E-state index >= 15 is 0 Å². The van der Waals surface area contributed by atoms with Crippen LogP contribution in [-0.2, 0) is 5.41 Å². The van der Waals surface area contributed by atoms with E-state index in [2.05, 4.69) is 229 Å². The molecule has 0 radical (unpaired) electrons. The summed E-state index contributed by atoms with van der Waals surface area (Å²) in [5.74, 6) is 1.76. The summed E-state index contributed by atoms with van der Waals surface area (Å²) in [5, 5.41) is 4.98. The molecule has 0 aromatic heterocycles. The number of ether oxygens (including phenoxy) is 1. The average Bonchev–Trinajstić information content (AvgIpc) is 3.60. The lowest BCUT2D eigenvalue weighted by molar-refractivity contribution is 0.436. The first-order valence-electron chi connectivity index (χ1n) is 20.3. The summed E-state index contributed by atoms with van der Waals surface area (Å²) in [4.78, 5) is 2.39. The standard InChI is InChI=1S/C57H37NO/c1-3-17-45-38(13-1)15-11-21-47(45)40-27-31-42(32-28-40)58(43-33-29-41(30-34-43)48-22-12-16-39-14-2-4-18-46(39)48)44-35-36-56-54(37-44)57(53-25-9-10-26-55(53)59-56)51-23-7-5-19-49(51)50-20-6-8-24-52(50)57/h1-37H. The second kappa shape index (κ2) is 13.2. The highest BCUT2D eigenvalue weighted by atomic mass is 16.5. The van der Waals surface area contributed by atoms with E-state index in [0.717, 1.165) is 39.7 Å². The van der Waals surface area contributed by atoms with Gasteiger partial charge in [-0.2, -0.15) is 0 Å². The second-order valence-corrected chi connectivity index (χ2v) is 15.6. The van der Waals surface area contributed by atoms with Crippen molar-refractivity contribution in [2.75, 3.05) is 4.90 Å². The molecule has 1 aliphatic carbocycles. The maximum Gasteiger partial charge on any atom is 0.132 e. The van der Waals surface area contributed by atoms with E-state index in [0.29, 0.717) is 0 Å². The van der Waals surface area contributed by atoms with E-state index in [4.69, 9.17) is 4.74 Å². The highest BCUT2D eigenvalue weighted by Gasteiger charge is 2.51. The summed E-state index contributed by atoms with van der Waals surface area (Å²) >= 11 is 0. The van der Waals surface area contributed by atoms with Gasteiger partial charge >= 0.3 is 0 Å². The van der Waals surface area contributed by atoms with E-state index in [-0.39, 0.29) is 0 Å². The van der Waals surface area contributed by atoms with Gasteiger partial charge in [0.05, 0.1) is 5.41 Å². The first kappa shape index (κ1) is 33.5. The molecule has 59 heavy (non-hydrogen) atoms. The lowest BCUT2D eigenvalue weighted by Gasteiger charge is -2.40. The molecule has 0 fully saturated rings. The van der Waals surface area contributed by atoms with Crippen molar-refractivity contribution in [1.82, 2.24) is 0 Å². The third-order valence-corrected chi connectivity index (χ3v) is 12.5. The molecular weight excluding hydrogens is 715 g/mol. The minimum Gasteiger partial charge on any atom is -0.457 e. The number of fused-ring (bicyclic) bond motifs is 11. The summed E-state index contributed by atoms with van der Waals surface area (Å²) in [5.41, 5.74) is 14.9.